The van der Waals surface area contributed by atoms with Crippen molar-refractivity contribution in [2.45, 2.75) is 26.8 Å². The third kappa shape index (κ3) is 4.34. The van der Waals surface area contributed by atoms with Crippen molar-refractivity contribution in [3.63, 3.8) is 0 Å². The Labute approximate surface area is 156 Å². The van der Waals surface area contributed by atoms with E-state index in [1.807, 2.05) is 19.9 Å². The number of hydrogen-bond donors (Lipinski definition) is 1. The Hall–Kier alpha value is -3.15. The minimum Gasteiger partial charge on any atom is -0.484 e. The lowest BCUT2D eigenvalue weighted by molar-refractivity contribution is -0.118. The second-order valence-corrected chi connectivity index (χ2v) is 6.34. The second kappa shape index (κ2) is 8.03. The molecule has 140 valence electrons. The van der Waals surface area contributed by atoms with E-state index in [9.17, 15) is 14.0 Å². The fourth-order valence-electron chi connectivity index (χ4n) is 2.95. The Morgan fingerprint density at radius 2 is 1.89 bits per heavy atom. The van der Waals surface area contributed by atoms with Gasteiger partial charge in [-0.2, -0.15) is 0 Å². The molecule has 0 spiro atoms. The summed E-state index contributed by atoms with van der Waals surface area (Å²) in [6, 6.07) is 12.6. The first kappa shape index (κ1) is 18.6. The fourth-order valence-corrected chi connectivity index (χ4v) is 2.95. The lowest BCUT2D eigenvalue weighted by Crippen LogP contribution is -2.21. The van der Waals surface area contributed by atoms with Crippen molar-refractivity contribution in [2.75, 3.05) is 11.9 Å². The molecule has 6 heteroatoms. The molecule has 0 aliphatic rings. The number of aromatic nitrogens is 1. The molecule has 1 aromatic heterocycles. The minimum atomic E-state index is -0.367. The van der Waals surface area contributed by atoms with Gasteiger partial charge in [-0.15, -0.1) is 0 Å². The van der Waals surface area contributed by atoms with Gasteiger partial charge in [-0.3, -0.25) is 9.59 Å². The fraction of sp³-hybridized carbons (Fsp3) is 0.238. The molecule has 1 amide bonds. The van der Waals surface area contributed by atoms with Crippen LogP contribution in [0.3, 0.4) is 0 Å². The molecule has 0 aliphatic heterocycles. The number of pyridine rings is 1. The molecule has 0 aliphatic carbocycles. The number of anilines is 1. The second-order valence-electron chi connectivity index (χ2n) is 6.34. The molecule has 5 nitrogen and oxygen atoms in total. The molecule has 27 heavy (non-hydrogen) atoms. The SMILES string of the molecule is CCCn1c(=O)cc(C)c2ccc(OCC(=O)Nc3ccc(F)cc3)cc21. The zero-order chi connectivity index (χ0) is 19.4. The highest BCUT2D eigenvalue weighted by molar-refractivity contribution is 5.92. The number of ether oxygens (including phenoxy) is 1. The van der Waals surface area contributed by atoms with Gasteiger partial charge in [-0.1, -0.05) is 6.92 Å². The summed E-state index contributed by atoms with van der Waals surface area (Å²) in [7, 11) is 0. The Bertz CT molecular complexity index is 1030. The van der Waals surface area contributed by atoms with Crippen molar-refractivity contribution in [1.82, 2.24) is 4.57 Å². The predicted molar refractivity (Wildman–Crippen MR) is 104 cm³/mol. The van der Waals surface area contributed by atoms with Gasteiger partial charge in [0, 0.05) is 29.8 Å². The normalized spacial score (nSPS) is 10.8. The number of hydrogen-bond acceptors (Lipinski definition) is 3. The van der Waals surface area contributed by atoms with E-state index < -0.39 is 0 Å². The van der Waals surface area contributed by atoms with Gasteiger partial charge in [0.25, 0.3) is 11.5 Å². The molecule has 0 saturated carbocycles. The largest absolute Gasteiger partial charge is 0.484 e. The van der Waals surface area contributed by atoms with Gasteiger partial charge in [0.15, 0.2) is 6.61 Å². The molecule has 0 atom stereocenters. The van der Waals surface area contributed by atoms with E-state index in [4.69, 9.17) is 4.74 Å². The van der Waals surface area contributed by atoms with Crippen LogP contribution in [0.1, 0.15) is 18.9 Å². The summed E-state index contributed by atoms with van der Waals surface area (Å²) in [6.07, 6.45) is 0.837. The number of halogens is 1. The lowest BCUT2D eigenvalue weighted by Gasteiger charge is -2.13. The Balaban J connectivity index is 1.77. The van der Waals surface area contributed by atoms with Crippen LogP contribution in [-0.4, -0.2) is 17.1 Å². The maximum Gasteiger partial charge on any atom is 0.262 e. The number of carbonyl (C=O) groups is 1. The van der Waals surface area contributed by atoms with E-state index in [1.165, 1.54) is 24.3 Å². The van der Waals surface area contributed by atoms with Gasteiger partial charge in [0.1, 0.15) is 11.6 Å². The highest BCUT2D eigenvalue weighted by Crippen LogP contribution is 2.23. The first-order valence-electron chi connectivity index (χ1n) is 8.80. The maximum absolute atomic E-state index is 12.9. The minimum absolute atomic E-state index is 0.0481. The van der Waals surface area contributed by atoms with Crippen LogP contribution >= 0.6 is 0 Å². The molecule has 1 N–H and O–H groups in total. The van der Waals surface area contributed by atoms with E-state index in [0.29, 0.717) is 18.0 Å². The summed E-state index contributed by atoms with van der Waals surface area (Å²) in [5.74, 6) is -0.211. The van der Waals surface area contributed by atoms with E-state index in [1.54, 1.807) is 22.8 Å². The van der Waals surface area contributed by atoms with Crippen LogP contribution in [0.2, 0.25) is 0 Å². The number of carbonyl (C=O) groups excluding carboxylic acids is 1. The number of amides is 1. The van der Waals surface area contributed by atoms with E-state index >= 15 is 0 Å². The standard InChI is InChI=1S/C21H21FN2O3/c1-3-10-24-19-12-17(8-9-18(19)14(2)11-21(24)26)27-13-20(25)23-16-6-4-15(22)5-7-16/h4-9,11-12H,3,10,13H2,1-2H3,(H,23,25). The van der Waals surface area contributed by atoms with E-state index in [-0.39, 0.29) is 23.9 Å². The highest BCUT2D eigenvalue weighted by atomic mass is 19.1. The zero-order valence-corrected chi connectivity index (χ0v) is 15.3. The lowest BCUT2D eigenvalue weighted by atomic mass is 10.1. The Morgan fingerprint density at radius 1 is 1.15 bits per heavy atom. The quantitative estimate of drug-likeness (QED) is 0.718. The van der Waals surface area contributed by atoms with Gasteiger partial charge in [0.2, 0.25) is 0 Å². The van der Waals surface area contributed by atoms with Crippen molar-refractivity contribution >= 4 is 22.5 Å². The van der Waals surface area contributed by atoms with E-state index in [2.05, 4.69) is 5.32 Å². The molecule has 0 bridgehead atoms. The smallest absolute Gasteiger partial charge is 0.262 e. The van der Waals surface area contributed by atoms with Gasteiger partial charge < -0.3 is 14.6 Å². The summed E-state index contributed by atoms with van der Waals surface area (Å²) in [6.45, 7) is 4.34. The van der Waals surface area contributed by atoms with Crippen LogP contribution in [0.15, 0.2) is 53.3 Å². The highest BCUT2D eigenvalue weighted by Gasteiger charge is 2.09. The average molecular weight is 368 g/mol. The van der Waals surface area contributed by atoms with Crippen LogP contribution in [0.5, 0.6) is 5.75 Å². The molecule has 2 aromatic carbocycles. The molecule has 0 unspecified atom stereocenters. The zero-order valence-electron chi connectivity index (χ0n) is 15.3. The van der Waals surface area contributed by atoms with Crippen LogP contribution < -0.4 is 15.6 Å². The van der Waals surface area contributed by atoms with Crippen molar-refractivity contribution in [3.8, 4) is 5.75 Å². The van der Waals surface area contributed by atoms with Crippen molar-refractivity contribution in [3.05, 3.63) is 70.3 Å². The van der Waals surface area contributed by atoms with Crippen LogP contribution in [0, 0.1) is 12.7 Å². The average Bonchev–Trinajstić information content (AvgIpc) is 2.65. The van der Waals surface area contributed by atoms with Gasteiger partial charge in [-0.25, -0.2) is 4.39 Å². The Kier molecular flexibility index (Phi) is 5.54. The molecule has 3 rings (SSSR count). The maximum atomic E-state index is 12.9. The molecule has 1 heterocycles. The first-order chi connectivity index (χ1) is 13.0. The molecule has 0 saturated heterocycles. The summed E-state index contributed by atoms with van der Waals surface area (Å²) in [5, 5.41) is 3.62. The van der Waals surface area contributed by atoms with Crippen LogP contribution in [-0.2, 0) is 11.3 Å². The third-order valence-corrected chi connectivity index (χ3v) is 4.24. The topological polar surface area (TPSA) is 60.3 Å². The summed E-state index contributed by atoms with van der Waals surface area (Å²) >= 11 is 0. The molecule has 3 aromatic rings. The van der Waals surface area contributed by atoms with Crippen molar-refractivity contribution in [1.29, 1.82) is 0 Å². The number of fused-ring (bicyclic) bond motifs is 1. The van der Waals surface area contributed by atoms with Crippen molar-refractivity contribution in [2.24, 2.45) is 0 Å². The van der Waals surface area contributed by atoms with Gasteiger partial charge in [-0.05, 0) is 55.3 Å². The summed E-state index contributed by atoms with van der Waals surface area (Å²) in [5.41, 5.74) is 2.14. The third-order valence-electron chi connectivity index (χ3n) is 4.24. The van der Waals surface area contributed by atoms with Crippen LogP contribution in [0.4, 0.5) is 10.1 Å². The molecule has 0 radical (unpaired) electrons. The van der Waals surface area contributed by atoms with Crippen LogP contribution in [0.25, 0.3) is 10.9 Å². The monoisotopic (exact) mass is 368 g/mol. The summed E-state index contributed by atoms with van der Waals surface area (Å²) < 4.78 is 20.2. The van der Waals surface area contributed by atoms with Gasteiger partial charge in [0.05, 0.1) is 5.52 Å². The molecular formula is C21H21FN2O3. The van der Waals surface area contributed by atoms with Crippen molar-refractivity contribution < 1.29 is 13.9 Å². The predicted octanol–water partition coefficient (Wildman–Crippen LogP) is 3.88. The number of rotatable bonds is 6. The Morgan fingerprint density at radius 3 is 2.59 bits per heavy atom. The van der Waals surface area contributed by atoms with Gasteiger partial charge >= 0.3 is 0 Å². The number of benzene rings is 2. The summed E-state index contributed by atoms with van der Waals surface area (Å²) in [4.78, 5) is 24.3. The number of nitrogens with one attached hydrogen (secondary N) is 1. The first-order valence-corrected chi connectivity index (χ1v) is 8.80. The number of nitrogens with zero attached hydrogens (tertiary/aromatic N) is 1. The number of aryl methyl sites for hydroxylation is 2. The molecular weight excluding hydrogens is 347 g/mol. The van der Waals surface area contributed by atoms with E-state index in [0.717, 1.165) is 22.9 Å². The molecule has 0 fully saturated rings.